The molecule has 2 atom stereocenters. The zero-order valence-electron chi connectivity index (χ0n) is 15.8. The maximum atomic E-state index is 13.3. The normalized spacial score (nSPS) is 21.4. The van der Waals surface area contributed by atoms with Crippen LogP contribution in [0.3, 0.4) is 0 Å². The van der Waals surface area contributed by atoms with E-state index in [1.807, 2.05) is 0 Å². The summed E-state index contributed by atoms with van der Waals surface area (Å²) in [6, 6.07) is 3.75. The van der Waals surface area contributed by atoms with Crippen LogP contribution in [0.15, 0.2) is 35.6 Å². The van der Waals surface area contributed by atoms with Gasteiger partial charge in [0.05, 0.1) is 29.6 Å². The fourth-order valence-corrected chi connectivity index (χ4v) is 3.10. The molecule has 0 fully saturated rings. The van der Waals surface area contributed by atoms with Crippen LogP contribution in [0.5, 0.6) is 5.88 Å². The van der Waals surface area contributed by atoms with Gasteiger partial charge in [0.15, 0.2) is 6.10 Å². The molecule has 2 aromatic heterocycles. The molecule has 1 amide bonds. The minimum Gasteiger partial charge on any atom is -0.481 e. The molecule has 30 heavy (non-hydrogen) atoms. The first-order chi connectivity index (χ1) is 14.0. The van der Waals surface area contributed by atoms with E-state index < -0.39 is 36.2 Å². The van der Waals surface area contributed by atoms with Gasteiger partial charge in [0.25, 0.3) is 11.9 Å². The van der Waals surface area contributed by atoms with Crippen LogP contribution >= 0.6 is 11.6 Å². The average Bonchev–Trinajstić information content (AvgIpc) is 2.67. The highest BCUT2D eigenvalue weighted by molar-refractivity contribution is 6.30. The number of alkyl halides is 3. The van der Waals surface area contributed by atoms with E-state index in [1.54, 1.807) is 0 Å². The molecular formula is C18H17ClF3N5O3. The average molecular weight is 444 g/mol. The van der Waals surface area contributed by atoms with Gasteiger partial charge < -0.3 is 20.5 Å². The van der Waals surface area contributed by atoms with Crippen LogP contribution in [0.25, 0.3) is 0 Å². The fraction of sp³-hybridized carbons (Fsp3) is 0.333. The van der Waals surface area contributed by atoms with Gasteiger partial charge in [0.2, 0.25) is 5.88 Å². The number of methoxy groups -OCH3 is 1. The van der Waals surface area contributed by atoms with E-state index >= 15 is 0 Å². The molecule has 1 aliphatic rings. The zero-order chi connectivity index (χ0) is 22.1. The Morgan fingerprint density at radius 2 is 2.10 bits per heavy atom. The number of ether oxygens (including phenoxy) is 2. The summed E-state index contributed by atoms with van der Waals surface area (Å²) in [5.41, 5.74) is 4.55. The topological polar surface area (TPSA) is 112 Å². The maximum Gasteiger partial charge on any atom is 0.425 e. The smallest absolute Gasteiger partial charge is 0.425 e. The number of amides is 1. The van der Waals surface area contributed by atoms with Crippen LogP contribution in [0, 0.1) is 0 Å². The molecule has 8 nitrogen and oxygen atoms in total. The Morgan fingerprint density at radius 3 is 2.70 bits per heavy atom. The standard InChI is InChI=1S/C18H17ClF3N5O3/c1-17(6-13(18(20,21)22)30-16(23)27-17)11-5-10(8-25-15(11)29-2)26-14(28)12-4-3-9(19)7-24-12/h3-5,7-8,13H,6H2,1-2H3,(H2,23,27)(H,26,28)/t13-,17+/m0/s1. The van der Waals surface area contributed by atoms with Gasteiger partial charge in [-0.15, -0.1) is 0 Å². The van der Waals surface area contributed by atoms with Gasteiger partial charge in [-0.1, -0.05) is 11.6 Å². The van der Waals surface area contributed by atoms with Crippen molar-refractivity contribution in [3.05, 3.63) is 46.9 Å². The molecule has 0 spiro atoms. The quantitative estimate of drug-likeness (QED) is 0.750. The van der Waals surface area contributed by atoms with Crippen molar-refractivity contribution in [1.82, 2.24) is 9.97 Å². The van der Waals surface area contributed by atoms with E-state index in [9.17, 15) is 18.0 Å². The first kappa shape index (κ1) is 21.6. The predicted molar refractivity (Wildman–Crippen MR) is 103 cm³/mol. The van der Waals surface area contributed by atoms with Crippen molar-refractivity contribution < 1.29 is 27.4 Å². The van der Waals surface area contributed by atoms with E-state index in [4.69, 9.17) is 22.1 Å². The van der Waals surface area contributed by atoms with Crippen LogP contribution in [-0.2, 0) is 10.3 Å². The Kier molecular flexibility index (Phi) is 5.75. The Labute approximate surface area is 174 Å². The minimum atomic E-state index is -4.64. The molecule has 0 saturated carbocycles. The molecule has 2 aromatic rings. The number of nitrogens with zero attached hydrogens (tertiary/aromatic N) is 3. The van der Waals surface area contributed by atoms with Crippen LogP contribution in [0.2, 0.25) is 5.02 Å². The van der Waals surface area contributed by atoms with Crippen LogP contribution in [-0.4, -0.2) is 41.3 Å². The molecule has 3 heterocycles. The fourth-order valence-electron chi connectivity index (χ4n) is 2.99. The van der Waals surface area contributed by atoms with Gasteiger partial charge >= 0.3 is 6.18 Å². The van der Waals surface area contributed by atoms with Crippen LogP contribution < -0.4 is 15.8 Å². The number of halogens is 4. The highest BCUT2D eigenvalue weighted by Crippen LogP contribution is 2.43. The van der Waals surface area contributed by atoms with Crippen LogP contribution in [0.1, 0.15) is 29.4 Å². The van der Waals surface area contributed by atoms with Crippen molar-refractivity contribution in [2.24, 2.45) is 10.7 Å². The number of aromatic nitrogens is 2. The first-order valence-electron chi connectivity index (χ1n) is 8.58. The lowest BCUT2D eigenvalue weighted by atomic mass is 9.86. The molecule has 3 rings (SSSR count). The molecule has 0 aliphatic carbocycles. The Balaban J connectivity index is 1.95. The van der Waals surface area contributed by atoms with E-state index in [0.29, 0.717) is 5.02 Å². The summed E-state index contributed by atoms with van der Waals surface area (Å²) < 4.78 is 49.7. The molecule has 0 unspecified atom stereocenters. The number of aliphatic imine (C=N–C) groups is 1. The van der Waals surface area contributed by atoms with Gasteiger partial charge in [0, 0.05) is 18.2 Å². The van der Waals surface area contributed by atoms with Gasteiger partial charge in [-0.25, -0.2) is 15.0 Å². The number of nitrogens with one attached hydrogen (secondary N) is 1. The van der Waals surface area contributed by atoms with Crippen molar-refractivity contribution in [2.75, 3.05) is 12.4 Å². The van der Waals surface area contributed by atoms with Crippen molar-refractivity contribution in [1.29, 1.82) is 0 Å². The second-order valence-corrected chi connectivity index (χ2v) is 7.11. The van der Waals surface area contributed by atoms with E-state index in [-0.39, 0.29) is 22.8 Å². The van der Waals surface area contributed by atoms with Crippen molar-refractivity contribution in [3.63, 3.8) is 0 Å². The summed E-state index contributed by atoms with van der Waals surface area (Å²) in [4.78, 5) is 24.4. The maximum absolute atomic E-state index is 13.3. The number of carbonyl (C=O) groups is 1. The van der Waals surface area contributed by atoms with Gasteiger partial charge in [-0.05, 0) is 25.1 Å². The van der Waals surface area contributed by atoms with Crippen molar-refractivity contribution >= 4 is 29.2 Å². The predicted octanol–water partition coefficient (Wildman–Crippen LogP) is 3.27. The third-order valence-corrected chi connectivity index (χ3v) is 4.63. The Morgan fingerprint density at radius 1 is 1.37 bits per heavy atom. The number of nitrogens with two attached hydrogens (primary N) is 1. The highest BCUT2D eigenvalue weighted by Gasteiger charge is 2.50. The second kappa shape index (κ2) is 7.98. The molecule has 0 aromatic carbocycles. The number of rotatable bonds is 4. The lowest BCUT2D eigenvalue weighted by Gasteiger charge is -2.36. The summed E-state index contributed by atoms with van der Waals surface area (Å²) in [5.74, 6) is -0.516. The summed E-state index contributed by atoms with van der Waals surface area (Å²) in [6.07, 6.45) is -4.74. The number of hydrogen-bond donors (Lipinski definition) is 2. The number of amidine groups is 1. The third kappa shape index (κ3) is 4.56. The molecule has 1 aliphatic heterocycles. The molecule has 3 N–H and O–H groups in total. The first-order valence-corrected chi connectivity index (χ1v) is 8.96. The highest BCUT2D eigenvalue weighted by atomic mass is 35.5. The lowest BCUT2D eigenvalue weighted by molar-refractivity contribution is -0.208. The zero-order valence-corrected chi connectivity index (χ0v) is 16.6. The molecular weight excluding hydrogens is 427 g/mol. The number of pyridine rings is 2. The molecule has 0 radical (unpaired) electrons. The van der Waals surface area contributed by atoms with E-state index in [0.717, 1.165) is 0 Å². The van der Waals surface area contributed by atoms with E-state index in [1.165, 1.54) is 44.6 Å². The SMILES string of the molecule is COc1ncc(NC(=O)c2ccc(Cl)cn2)cc1[C@@]1(C)C[C@@H](C(F)(F)F)OC(N)=N1. The van der Waals surface area contributed by atoms with Gasteiger partial charge in [0.1, 0.15) is 5.69 Å². The Bertz CT molecular complexity index is 984. The third-order valence-electron chi connectivity index (χ3n) is 4.41. The number of anilines is 1. The van der Waals surface area contributed by atoms with Crippen molar-refractivity contribution in [3.8, 4) is 5.88 Å². The monoisotopic (exact) mass is 443 g/mol. The largest absolute Gasteiger partial charge is 0.481 e. The van der Waals surface area contributed by atoms with Gasteiger partial charge in [-0.3, -0.25) is 4.79 Å². The molecule has 160 valence electrons. The molecule has 0 saturated heterocycles. The van der Waals surface area contributed by atoms with Crippen LogP contribution in [0.4, 0.5) is 18.9 Å². The second-order valence-electron chi connectivity index (χ2n) is 6.67. The summed E-state index contributed by atoms with van der Waals surface area (Å²) in [5, 5.41) is 2.95. The van der Waals surface area contributed by atoms with Crippen molar-refractivity contribution in [2.45, 2.75) is 31.2 Å². The molecule has 0 bridgehead atoms. The number of hydrogen-bond acceptors (Lipinski definition) is 7. The summed E-state index contributed by atoms with van der Waals surface area (Å²) in [7, 11) is 1.32. The minimum absolute atomic E-state index is 0.0412. The lowest BCUT2D eigenvalue weighted by Crippen LogP contribution is -2.46. The number of carbonyl (C=O) groups excluding carboxylic acids is 1. The summed E-state index contributed by atoms with van der Waals surface area (Å²) >= 11 is 5.76. The summed E-state index contributed by atoms with van der Waals surface area (Å²) in [6.45, 7) is 1.45. The van der Waals surface area contributed by atoms with Gasteiger partial charge in [-0.2, -0.15) is 13.2 Å². The Hall–Kier alpha value is -3.08. The van der Waals surface area contributed by atoms with E-state index in [2.05, 4.69) is 25.0 Å². The molecule has 12 heteroatoms.